The number of nitrogens with zero attached hydrogens (tertiary/aromatic N) is 2. The average Bonchev–Trinajstić information content (AvgIpc) is 3.14. The van der Waals surface area contributed by atoms with Gasteiger partial charge in [-0.15, -0.1) is 13.2 Å². The van der Waals surface area contributed by atoms with E-state index in [0.29, 0.717) is 43.0 Å². The van der Waals surface area contributed by atoms with Gasteiger partial charge in [0.1, 0.15) is 5.75 Å². The molecule has 1 aromatic carbocycles. The van der Waals surface area contributed by atoms with Crippen LogP contribution in [0.15, 0.2) is 64.3 Å². The molecule has 0 saturated carbocycles. The highest BCUT2D eigenvalue weighted by molar-refractivity contribution is 6.17. The maximum Gasteiger partial charge on any atom is 0.573 e. The lowest BCUT2D eigenvalue weighted by molar-refractivity contribution is -0.274. The summed E-state index contributed by atoms with van der Waals surface area (Å²) >= 11 is 0. The largest absolute Gasteiger partial charge is 0.573 e. The van der Waals surface area contributed by atoms with E-state index in [-0.39, 0.29) is 11.7 Å². The van der Waals surface area contributed by atoms with Crippen LogP contribution >= 0.6 is 0 Å². The van der Waals surface area contributed by atoms with Crippen molar-refractivity contribution < 1.29 is 27.8 Å². The molecule has 0 radical (unpaired) electrons. The molecule has 1 aromatic rings. The van der Waals surface area contributed by atoms with Crippen LogP contribution in [-0.4, -0.2) is 53.7 Å². The van der Waals surface area contributed by atoms with Gasteiger partial charge in [0.15, 0.2) is 0 Å². The smallest absolute Gasteiger partial charge is 0.406 e. The zero-order valence-corrected chi connectivity index (χ0v) is 17.2. The second-order valence-electron chi connectivity index (χ2n) is 7.22. The number of alkyl halides is 3. The van der Waals surface area contributed by atoms with Crippen LogP contribution in [0, 0.1) is 0 Å². The highest BCUT2D eigenvalue weighted by atomic mass is 19.4. The number of aliphatic hydroxyl groups excluding tert-OH is 1. The second-order valence-corrected chi connectivity index (χ2v) is 7.22. The minimum Gasteiger partial charge on any atom is -0.406 e. The number of nitrogens with one attached hydrogen (secondary N) is 1. The molecule has 0 bridgehead atoms. The SMILES string of the molecule is CC/N=C1/C=C(C(=O)N2CCC(O)C2)C=C/C1=C(/C)Nc1ccc(OC(F)(F)F)cc1. The summed E-state index contributed by atoms with van der Waals surface area (Å²) in [4.78, 5) is 18.8. The molecule has 31 heavy (non-hydrogen) atoms. The molecule has 6 nitrogen and oxygen atoms in total. The van der Waals surface area contributed by atoms with Crippen LogP contribution in [0.25, 0.3) is 0 Å². The Labute approximate surface area is 178 Å². The fraction of sp³-hybridized carbons (Fsp3) is 0.364. The Morgan fingerprint density at radius 2 is 2.00 bits per heavy atom. The number of rotatable bonds is 5. The summed E-state index contributed by atoms with van der Waals surface area (Å²) in [6, 6.07) is 5.43. The number of anilines is 1. The highest BCUT2D eigenvalue weighted by Gasteiger charge is 2.31. The van der Waals surface area contributed by atoms with Crippen molar-refractivity contribution in [3.63, 3.8) is 0 Å². The van der Waals surface area contributed by atoms with Crippen molar-refractivity contribution in [1.82, 2.24) is 4.90 Å². The molecule has 1 saturated heterocycles. The van der Waals surface area contributed by atoms with Crippen molar-refractivity contribution in [2.45, 2.75) is 32.7 Å². The van der Waals surface area contributed by atoms with Crippen LogP contribution in [0.3, 0.4) is 0 Å². The summed E-state index contributed by atoms with van der Waals surface area (Å²) in [6.45, 7) is 5.06. The van der Waals surface area contributed by atoms with E-state index < -0.39 is 12.5 Å². The molecule has 1 amide bonds. The number of hydrogen-bond acceptors (Lipinski definition) is 5. The van der Waals surface area contributed by atoms with E-state index in [2.05, 4.69) is 15.0 Å². The van der Waals surface area contributed by atoms with Crippen molar-refractivity contribution in [1.29, 1.82) is 0 Å². The van der Waals surface area contributed by atoms with Gasteiger partial charge in [-0.2, -0.15) is 0 Å². The van der Waals surface area contributed by atoms with Gasteiger partial charge in [-0.05, 0) is 56.7 Å². The number of carbonyl (C=O) groups excluding carboxylic acids is 1. The Balaban J connectivity index is 1.76. The first-order valence-corrected chi connectivity index (χ1v) is 9.92. The maximum absolute atomic E-state index is 12.7. The number of ether oxygens (including phenoxy) is 1. The summed E-state index contributed by atoms with van der Waals surface area (Å²) in [5.74, 6) is -0.450. The first-order valence-electron chi connectivity index (χ1n) is 9.92. The highest BCUT2D eigenvalue weighted by Crippen LogP contribution is 2.26. The number of β-amino-alcohol motifs (C(OH)–C–C–N with tert-alkyl or cyclic N) is 1. The maximum atomic E-state index is 12.7. The van der Waals surface area contributed by atoms with Gasteiger partial charge in [0.2, 0.25) is 0 Å². The Morgan fingerprint density at radius 3 is 2.58 bits per heavy atom. The quantitative estimate of drug-likeness (QED) is 0.738. The lowest BCUT2D eigenvalue weighted by Gasteiger charge is -2.20. The summed E-state index contributed by atoms with van der Waals surface area (Å²) in [6.07, 6.45) is 0.563. The fourth-order valence-corrected chi connectivity index (χ4v) is 3.42. The molecule has 1 atom stereocenters. The number of benzene rings is 1. The van der Waals surface area contributed by atoms with Gasteiger partial charge < -0.3 is 20.1 Å². The normalized spacial score (nSPS) is 21.9. The summed E-state index contributed by atoms with van der Waals surface area (Å²) in [7, 11) is 0. The van der Waals surface area contributed by atoms with Gasteiger partial charge >= 0.3 is 6.36 Å². The zero-order valence-electron chi connectivity index (χ0n) is 17.2. The average molecular weight is 435 g/mol. The topological polar surface area (TPSA) is 74.2 Å². The third-order valence-corrected chi connectivity index (χ3v) is 4.85. The molecule has 1 unspecified atom stereocenters. The lowest BCUT2D eigenvalue weighted by atomic mass is 9.97. The molecule has 1 heterocycles. The van der Waals surface area contributed by atoms with Crippen molar-refractivity contribution >= 4 is 17.3 Å². The minimum absolute atomic E-state index is 0.151. The predicted octanol–water partition coefficient (Wildman–Crippen LogP) is 3.82. The number of carbonyl (C=O) groups is 1. The molecule has 1 aliphatic carbocycles. The third kappa shape index (κ3) is 5.97. The number of hydrogen-bond donors (Lipinski definition) is 2. The lowest BCUT2D eigenvalue weighted by Crippen LogP contribution is -2.31. The van der Waals surface area contributed by atoms with Crippen molar-refractivity contribution in [3.05, 3.63) is 59.3 Å². The number of aliphatic hydroxyl groups is 1. The number of halogens is 3. The van der Waals surface area contributed by atoms with Crippen molar-refractivity contribution in [2.24, 2.45) is 4.99 Å². The number of allylic oxidation sites excluding steroid dienone is 4. The van der Waals surface area contributed by atoms with E-state index in [1.807, 2.05) is 13.8 Å². The molecule has 1 aliphatic heterocycles. The van der Waals surface area contributed by atoms with E-state index >= 15 is 0 Å². The van der Waals surface area contributed by atoms with Crippen LogP contribution in [-0.2, 0) is 4.79 Å². The van der Waals surface area contributed by atoms with Crippen LogP contribution in [0.4, 0.5) is 18.9 Å². The third-order valence-electron chi connectivity index (χ3n) is 4.85. The first-order chi connectivity index (χ1) is 14.7. The van der Waals surface area contributed by atoms with E-state index in [9.17, 15) is 23.1 Å². The van der Waals surface area contributed by atoms with Gasteiger partial charge in [-0.25, -0.2) is 0 Å². The molecule has 0 spiro atoms. The summed E-state index contributed by atoms with van der Waals surface area (Å²) in [5.41, 5.74) is 3.21. The number of aliphatic imine (C=N–C) groups is 1. The first kappa shape index (κ1) is 22.6. The van der Waals surface area contributed by atoms with Crippen LogP contribution in [0.1, 0.15) is 20.3 Å². The van der Waals surface area contributed by atoms with Crippen LogP contribution in [0.5, 0.6) is 5.75 Å². The van der Waals surface area contributed by atoms with Gasteiger partial charge in [0.25, 0.3) is 5.91 Å². The molecule has 2 N–H and O–H groups in total. The molecule has 1 fully saturated rings. The van der Waals surface area contributed by atoms with Gasteiger partial charge in [-0.3, -0.25) is 9.79 Å². The Kier molecular flexibility index (Phi) is 6.84. The molecule has 3 rings (SSSR count). The molecular weight excluding hydrogens is 411 g/mol. The van der Waals surface area contributed by atoms with E-state index in [1.54, 1.807) is 23.1 Å². The number of likely N-dealkylation sites (tertiary alicyclic amines) is 1. The van der Waals surface area contributed by atoms with Crippen molar-refractivity contribution in [3.8, 4) is 5.75 Å². The second kappa shape index (κ2) is 9.38. The van der Waals surface area contributed by atoms with Crippen LogP contribution < -0.4 is 10.1 Å². The van der Waals surface area contributed by atoms with Crippen LogP contribution in [0.2, 0.25) is 0 Å². The van der Waals surface area contributed by atoms with Gasteiger partial charge in [0.05, 0.1) is 11.8 Å². The standard InChI is InChI=1S/C22H24F3N3O3/c1-3-26-20-12-15(21(30)28-11-10-17(29)13-28)4-9-19(20)14(2)27-16-5-7-18(8-6-16)31-22(23,24)25/h4-9,12,17,27,29H,3,10-11,13H2,1-2H3/b19-14+,26-20-. The molecule has 2 aliphatic rings. The Hall–Kier alpha value is -3.07. The van der Waals surface area contributed by atoms with E-state index in [4.69, 9.17) is 0 Å². The summed E-state index contributed by atoms with van der Waals surface area (Å²) < 4.78 is 40.8. The summed E-state index contributed by atoms with van der Waals surface area (Å²) in [5, 5.41) is 12.8. The molecule has 9 heteroatoms. The fourth-order valence-electron chi connectivity index (χ4n) is 3.42. The molecule has 0 aromatic heterocycles. The zero-order chi connectivity index (χ0) is 22.6. The molecular formula is C22H24F3N3O3. The van der Waals surface area contributed by atoms with Crippen molar-refractivity contribution in [2.75, 3.05) is 25.0 Å². The number of amides is 1. The van der Waals surface area contributed by atoms with Gasteiger partial charge in [0, 0.05) is 42.2 Å². The van der Waals surface area contributed by atoms with E-state index in [0.717, 1.165) is 11.3 Å². The Morgan fingerprint density at radius 1 is 1.29 bits per heavy atom. The monoisotopic (exact) mass is 435 g/mol. The Bertz CT molecular complexity index is 947. The predicted molar refractivity (Wildman–Crippen MR) is 112 cm³/mol. The van der Waals surface area contributed by atoms with E-state index in [1.165, 1.54) is 24.3 Å². The van der Waals surface area contributed by atoms with Gasteiger partial charge in [-0.1, -0.05) is 6.08 Å². The molecule has 166 valence electrons. The minimum atomic E-state index is -4.74.